The van der Waals surface area contributed by atoms with Crippen LogP contribution in [0.15, 0.2) is 23.0 Å². The second-order valence-corrected chi connectivity index (χ2v) is 4.42. The number of hydrogen-bond acceptors (Lipinski definition) is 4. The van der Waals surface area contributed by atoms with Crippen molar-refractivity contribution in [2.24, 2.45) is 7.05 Å². The molecule has 0 bridgehead atoms. The van der Waals surface area contributed by atoms with E-state index in [0.29, 0.717) is 17.4 Å². The monoisotopic (exact) mass is 248 g/mol. The Morgan fingerprint density at radius 3 is 2.44 bits per heavy atom. The maximum atomic E-state index is 11.8. The fraction of sp³-hybridized carbons (Fsp3) is 0.417. The maximum Gasteiger partial charge on any atom is 0.368 e. The minimum absolute atomic E-state index is 0.280. The molecule has 0 aliphatic carbocycles. The van der Waals surface area contributed by atoms with Gasteiger partial charge in [-0.25, -0.2) is 4.79 Å². The average Bonchev–Trinajstić information content (AvgIpc) is 2.69. The largest absolute Gasteiger partial charge is 0.497 e. The Hall–Kier alpha value is -2.11. The van der Waals surface area contributed by atoms with E-state index < -0.39 is 0 Å². The van der Waals surface area contributed by atoms with E-state index in [9.17, 15) is 4.79 Å². The topological polar surface area (TPSA) is 61.9 Å². The summed E-state index contributed by atoms with van der Waals surface area (Å²) in [6.45, 7) is 4.16. The van der Waals surface area contributed by atoms with Crippen molar-refractivity contribution in [2.75, 3.05) is 7.11 Å². The third-order valence-electron chi connectivity index (χ3n) is 2.78. The summed E-state index contributed by atoms with van der Waals surface area (Å²) in [5.74, 6) is 1.04. The molecule has 0 aliphatic rings. The van der Waals surface area contributed by atoms with E-state index in [2.05, 4.69) is 24.3 Å². The number of methoxy groups -OCH3 is 1. The Balaban J connectivity index is 2.60. The van der Waals surface area contributed by atoms with Crippen LogP contribution in [-0.2, 0) is 7.05 Å². The van der Waals surface area contributed by atoms with Crippen molar-refractivity contribution in [1.29, 1.82) is 0 Å². The van der Waals surface area contributed by atoms with Crippen LogP contribution in [0.4, 0.5) is 0 Å². The van der Waals surface area contributed by atoms with Crippen molar-refractivity contribution in [3.8, 4) is 11.4 Å². The van der Waals surface area contributed by atoms with Gasteiger partial charge >= 0.3 is 5.69 Å². The summed E-state index contributed by atoms with van der Waals surface area (Å²) in [4.78, 5) is 11.8. The average molecular weight is 248 g/mol. The minimum atomic E-state index is -0.280. The summed E-state index contributed by atoms with van der Waals surface area (Å²) in [5, 5.41) is 7.52. The summed E-state index contributed by atoms with van der Waals surface area (Å²) >= 11 is 0. The Morgan fingerprint density at radius 1 is 1.22 bits per heavy atom. The molecule has 0 spiro atoms. The molecule has 2 rings (SSSR count). The highest BCUT2D eigenvalue weighted by Crippen LogP contribution is 2.24. The molecular formula is C12H16N4O2. The maximum absolute atomic E-state index is 11.8. The van der Waals surface area contributed by atoms with Crippen LogP contribution >= 0.6 is 0 Å². The van der Waals surface area contributed by atoms with Crippen LogP contribution in [0.1, 0.15) is 25.3 Å². The second kappa shape index (κ2) is 4.64. The fourth-order valence-corrected chi connectivity index (χ4v) is 1.65. The van der Waals surface area contributed by atoms with Crippen LogP contribution in [-0.4, -0.2) is 26.9 Å². The first-order chi connectivity index (χ1) is 8.52. The van der Waals surface area contributed by atoms with Gasteiger partial charge in [-0.3, -0.25) is 0 Å². The number of benzene rings is 1. The van der Waals surface area contributed by atoms with Crippen LogP contribution in [0.3, 0.4) is 0 Å². The predicted octanol–water partition coefficient (Wildman–Crippen LogP) is 1.10. The van der Waals surface area contributed by atoms with Gasteiger partial charge in [0.1, 0.15) is 5.75 Å². The van der Waals surface area contributed by atoms with Gasteiger partial charge < -0.3 is 4.74 Å². The van der Waals surface area contributed by atoms with E-state index in [0.717, 1.165) is 5.56 Å². The van der Waals surface area contributed by atoms with Crippen molar-refractivity contribution in [2.45, 2.75) is 19.8 Å². The van der Waals surface area contributed by atoms with E-state index in [1.807, 2.05) is 12.1 Å². The molecular weight excluding hydrogens is 232 g/mol. The van der Waals surface area contributed by atoms with Crippen LogP contribution in [0.2, 0.25) is 0 Å². The highest BCUT2D eigenvalue weighted by molar-refractivity contribution is 5.43. The van der Waals surface area contributed by atoms with E-state index >= 15 is 0 Å². The Bertz CT molecular complexity index is 613. The van der Waals surface area contributed by atoms with Crippen molar-refractivity contribution in [3.05, 3.63) is 34.2 Å². The first kappa shape index (κ1) is 12.3. The molecule has 2 aromatic rings. The van der Waals surface area contributed by atoms with Gasteiger partial charge in [-0.05, 0) is 34.0 Å². The Labute approximate surface area is 105 Å². The molecule has 1 aromatic carbocycles. The molecule has 1 heterocycles. The molecule has 0 radical (unpaired) electrons. The molecule has 0 saturated carbocycles. The van der Waals surface area contributed by atoms with Gasteiger partial charge in [0.15, 0.2) is 0 Å². The summed E-state index contributed by atoms with van der Waals surface area (Å²) in [5.41, 5.74) is 1.47. The van der Waals surface area contributed by atoms with Crippen LogP contribution < -0.4 is 10.4 Å². The van der Waals surface area contributed by atoms with Gasteiger partial charge in [0.05, 0.1) is 12.8 Å². The minimum Gasteiger partial charge on any atom is -0.497 e. The quantitative estimate of drug-likeness (QED) is 0.816. The van der Waals surface area contributed by atoms with Crippen LogP contribution in [0.5, 0.6) is 5.75 Å². The zero-order chi connectivity index (χ0) is 13.3. The SMILES string of the molecule is COc1cc(C(C)C)cc(-n2nnn(C)c2=O)c1. The third kappa shape index (κ3) is 2.13. The van der Waals surface area contributed by atoms with Crippen molar-refractivity contribution in [1.82, 2.24) is 19.8 Å². The van der Waals surface area contributed by atoms with Gasteiger partial charge in [0.25, 0.3) is 0 Å². The number of ether oxygens (including phenoxy) is 1. The highest BCUT2D eigenvalue weighted by atomic mass is 16.5. The highest BCUT2D eigenvalue weighted by Gasteiger charge is 2.10. The smallest absolute Gasteiger partial charge is 0.368 e. The van der Waals surface area contributed by atoms with Gasteiger partial charge in [-0.2, -0.15) is 9.36 Å². The van der Waals surface area contributed by atoms with Crippen LogP contribution in [0, 0.1) is 0 Å². The molecule has 0 atom stereocenters. The molecule has 96 valence electrons. The first-order valence-electron chi connectivity index (χ1n) is 5.71. The number of rotatable bonds is 3. The zero-order valence-electron chi connectivity index (χ0n) is 10.9. The third-order valence-corrected chi connectivity index (χ3v) is 2.78. The van der Waals surface area contributed by atoms with Crippen molar-refractivity contribution >= 4 is 0 Å². The Kier molecular flexibility index (Phi) is 3.18. The van der Waals surface area contributed by atoms with Gasteiger partial charge in [-0.1, -0.05) is 13.8 Å². The second-order valence-electron chi connectivity index (χ2n) is 4.42. The summed E-state index contributed by atoms with van der Waals surface area (Å²) in [7, 11) is 3.16. The lowest BCUT2D eigenvalue weighted by Crippen LogP contribution is -2.22. The molecule has 6 heteroatoms. The molecule has 6 nitrogen and oxygen atoms in total. The molecule has 0 N–H and O–H groups in total. The summed E-state index contributed by atoms with van der Waals surface area (Å²) in [6.07, 6.45) is 0. The number of nitrogens with zero attached hydrogens (tertiary/aromatic N) is 4. The standard InChI is InChI=1S/C12H16N4O2/c1-8(2)9-5-10(7-11(6-9)18-4)16-12(17)15(3)13-14-16/h5-8H,1-4H3. The summed E-state index contributed by atoms with van der Waals surface area (Å²) < 4.78 is 7.69. The van der Waals surface area contributed by atoms with Crippen molar-refractivity contribution in [3.63, 3.8) is 0 Å². The number of hydrogen-bond donors (Lipinski definition) is 0. The van der Waals surface area contributed by atoms with Gasteiger partial charge in [0, 0.05) is 13.1 Å². The lowest BCUT2D eigenvalue weighted by Gasteiger charge is -2.10. The Morgan fingerprint density at radius 2 is 1.94 bits per heavy atom. The molecule has 0 fully saturated rings. The molecule has 0 saturated heterocycles. The van der Waals surface area contributed by atoms with E-state index in [-0.39, 0.29) is 5.69 Å². The van der Waals surface area contributed by atoms with Crippen LogP contribution in [0.25, 0.3) is 5.69 Å². The lowest BCUT2D eigenvalue weighted by molar-refractivity contribution is 0.413. The summed E-state index contributed by atoms with van der Waals surface area (Å²) in [6, 6.07) is 5.64. The zero-order valence-corrected chi connectivity index (χ0v) is 10.9. The van der Waals surface area contributed by atoms with Crippen molar-refractivity contribution < 1.29 is 4.74 Å². The van der Waals surface area contributed by atoms with Gasteiger partial charge in [-0.15, -0.1) is 0 Å². The number of aryl methyl sites for hydroxylation is 1. The first-order valence-corrected chi connectivity index (χ1v) is 5.71. The van der Waals surface area contributed by atoms with E-state index in [4.69, 9.17) is 4.74 Å². The normalized spacial score (nSPS) is 10.9. The molecule has 1 aromatic heterocycles. The fourth-order valence-electron chi connectivity index (χ4n) is 1.65. The molecule has 0 unspecified atom stereocenters. The van der Waals surface area contributed by atoms with E-state index in [1.54, 1.807) is 20.2 Å². The predicted molar refractivity (Wildman–Crippen MR) is 67.2 cm³/mol. The van der Waals surface area contributed by atoms with E-state index in [1.165, 1.54) is 9.36 Å². The molecule has 0 amide bonds. The van der Waals surface area contributed by atoms with Gasteiger partial charge in [0.2, 0.25) is 0 Å². The molecule has 18 heavy (non-hydrogen) atoms. The lowest BCUT2D eigenvalue weighted by atomic mass is 10.0. The molecule has 0 aliphatic heterocycles. The number of aromatic nitrogens is 4. The number of tetrazole rings is 1.